The van der Waals surface area contributed by atoms with Gasteiger partial charge in [-0.3, -0.25) is 4.79 Å². The van der Waals surface area contributed by atoms with Gasteiger partial charge in [0.15, 0.2) is 5.78 Å². The molecular weight excluding hydrogens is 260 g/mol. The van der Waals surface area contributed by atoms with E-state index >= 15 is 0 Å². The molecule has 106 valence electrons. The van der Waals surface area contributed by atoms with Gasteiger partial charge in [0.25, 0.3) is 0 Å². The molecule has 2 aromatic carbocycles. The van der Waals surface area contributed by atoms with Crippen molar-refractivity contribution in [2.45, 2.75) is 27.7 Å². The van der Waals surface area contributed by atoms with Gasteiger partial charge < -0.3 is 4.42 Å². The molecule has 0 spiro atoms. The van der Waals surface area contributed by atoms with Gasteiger partial charge in [-0.1, -0.05) is 36.4 Å². The molecule has 0 atom stereocenters. The molecule has 21 heavy (non-hydrogen) atoms. The maximum Gasteiger partial charge on any atom is 0.197 e. The minimum atomic E-state index is 0.0399. The first-order chi connectivity index (χ1) is 10.0. The molecule has 0 saturated heterocycles. The first-order valence-corrected chi connectivity index (χ1v) is 7.10. The van der Waals surface area contributed by atoms with Crippen LogP contribution in [0, 0.1) is 27.7 Å². The summed E-state index contributed by atoms with van der Waals surface area (Å²) in [6.07, 6.45) is 0. The molecule has 1 heterocycles. The highest BCUT2D eigenvalue weighted by Crippen LogP contribution is 2.28. The topological polar surface area (TPSA) is 30.2 Å². The number of carbonyl (C=O) groups is 1. The number of aryl methyl sites for hydroxylation is 3. The molecule has 0 radical (unpaired) electrons. The standard InChI is InChI=1S/C19H18O2/c1-11-9-10-17(16-8-6-5-7-15(11)16)19(20)18-12(2)13(3)21-14(18)4/h5-10H,1-4H3. The molecule has 0 fully saturated rings. The zero-order valence-corrected chi connectivity index (χ0v) is 12.8. The van der Waals surface area contributed by atoms with E-state index in [1.54, 1.807) is 0 Å². The van der Waals surface area contributed by atoms with Crippen LogP contribution in [0.15, 0.2) is 40.8 Å². The second kappa shape index (κ2) is 4.88. The smallest absolute Gasteiger partial charge is 0.197 e. The van der Waals surface area contributed by atoms with E-state index in [9.17, 15) is 4.79 Å². The van der Waals surface area contributed by atoms with Gasteiger partial charge in [0.1, 0.15) is 11.5 Å². The Morgan fingerprint density at radius 1 is 0.857 bits per heavy atom. The molecule has 2 nitrogen and oxygen atoms in total. The lowest BCUT2D eigenvalue weighted by molar-refractivity contribution is 0.103. The number of furan rings is 1. The van der Waals surface area contributed by atoms with Crippen LogP contribution in [0.2, 0.25) is 0 Å². The Balaban J connectivity index is 2.26. The lowest BCUT2D eigenvalue weighted by Gasteiger charge is -2.08. The van der Waals surface area contributed by atoms with E-state index in [4.69, 9.17) is 4.42 Å². The van der Waals surface area contributed by atoms with Gasteiger partial charge in [0.2, 0.25) is 0 Å². The van der Waals surface area contributed by atoms with E-state index in [0.29, 0.717) is 11.3 Å². The van der Waals surface area contributed by atoms with Crippen LogP contribution in [-0.2, 0) is 0 Å². The van der Waals surface area contributed by atoms with E-state index < -0.39 is 0 Å². The van der Waals surface area contributed by atoms with Crippen molar-refractivity contribution in [3.8, 4) is 0 Å². The van der Waals surface area contributed by atoms with Gasteiger partial charge in [0.05, 0.1) is 5.56 Å². The highest BCUT2D eigenvalue weighted by molar-refractivity contribution is 6.17. The number of carbonyl (C=O) groups excluding carboxylic acids is 1. The zero-order valence-electron chi connectivity index (χ0n) is 12.8. The molecule has 0 aliphatic heterocycles. The predicted octanol–water partition coefficient (Wildman–Crippen LogP) is 4.90. The SMILES string of the molecule is Cc1oc(C)c(C(=O)c2ccc(C)c3ccccc23)c1C. The highest BCUT2D eigenvalue weighted by Gasteiger charge is 2.21. The second-order valence-electron chi connectivity index (χ2n) is 5.52. The maximum absolute atomic E-state index is 13.0. The molecule has 2 heteroatoms. The summed E-state index contributed by atoms with van der Waals surface area (Å²) in [5, 5.41) is 2.12. The maximum atomic E-state index is 13.0. The normalized spacial score (nSPS) is 11.0. The summed E-state index contributed by atoms with van der Waals surface area (Å²) in [5.74, 6) is 1.55. The van der Waals surface area contributed by atoms with Crippen molar-refractivity contribution in [3.05, 3.63) is 70.2 Å². The Bertz CT molecular complexity index is 853. The van der Waals surface area contributed by atoms with Crippen molar-refractivity contribution < 1.29 is 9.21 Å². The number of hydrogen-bond donors (Lipinski definition) is 0. The van der Waals surface area contributed by atoms with E-state index in [-0.39, 0.29) is 5.78 Å². The minimum Gasteiger partial charge on any atom is -0.466 e. The summed E-state index contributed by atoms with van der Waals surface area (Å²) in [4.78, 5) is 13.0. The van der Waals surface area contributed by atoms with Crippen LogP contribution in [0.3, 0.4) is 0 Å². The van der Waals surface area contributed by atoms with Crippen molar-refractivity contribution in [1.29, 1.82) is 0 Å². The van der Waals surface area contributed by atoms with Crippen LogP contribution in [0.5, 0.6) is 0 Å². The summed E-state index contributed by atoms with van der Waals surface area (Å²) in [7, 11) is 0. The molecule has 1 aromatic heterocycles. The molecule has 3 rings (SSSR count). The molecule has 0 N–H and O–H groups in total. The van der Waals surface area contributed by atoms with Crippen molar-refractivity contribution in [2.75, 3.05) is 0 Å². The molecular formula is C19H18O2. The van der Waals surface area contributed by atoms with E-state index in [1.165, 1.54) is 5.56 Å². The van der Waals surface area contributed by atoms with Crippen molar-refractivity contribution >= 4 is 16.6 Å². The summed E-state index contributed by atoms with van der Waals surface area (Å²) in [5.41, 5.74) is 3.55. The Hall–Kier alpha value is -2.35. The predicted molar refractivity (Wildman–Crippen MR) is 85.0 cm³/mol. The van der Waals surface area contributed by atoms with Crippen LogP contribution >= 0.6 is 0 Å². The average Bonchev–Trinajstić information content (AvgIpc) is 2.72. The van der Waals surface area contributed by atoms with Gasteiger partial charge in [-0.05, 0) is 44.0 Å². The van der Waals surface area contributed by atoms with Crippen molar-refractivity contribution in [1.82, 2.24) is 0 Å². The number of rotatable bonds is 2. The minimum absolute atomic E-state index is 0.0399. The first-order valence-electron chi connectivity index (χ1n) is 7.10. The van der Waals surface area contributed by atoms with Gasteiger partial charge in [0, 0.05) is 11.1 Å². The summed E-state index contributed by atoms with van der Waals surface area (Å²) >= 11 is 0. The molecule has 3 aromatic rings. The third-order valence-corrected chi connectivity index (χ3v) is 4.18. The van der Waals surface area contributed by atoms with E-state index in [1.807, 2.05) is 51.1 Å². The quantitative estimate of drug-likeness (QED) is 0.624. The highest BCUT2D eigenvalue weighted by atomic mass is 16.3. The third-order valence-electron chi connectivity index (χ3n) is 4.18. The fraction of sp³-hybridized carbons (Fsp3) is 0.211. The molecule has 0 aliphatic rings. The molecule has 0 unspecified atom stereocenters. The lowest BCUT2D eigenvalue weighted by atomic mass is 9.93. The van der Waals surface area contributed by atoms with Crippen molar-refractivity contribution in [2.24, 2.45) is 0 Å². The van der Waals surface area contributed by atoms with Crippen LogP contribution in [0.4, 0.5) is 0 Å². The van der Waals surface area contributed by atoms with Crippen LogP contribution in [-0.4, -0.2) is 5.78 Å². The van der Waals surface area contributed by atoms with Crippen LogP contribution in [0.1, 0.15) is 38.6 Å². The van der Waals surface area contributed by atoms with Crippen LogP contribution < -0.4 is 0 Å². The lowest BCUT2D eigenvalue weighted by Crippen LogP contribution is -2.05. The Kier molecular flexibility index (Phi) is 3.17. The number of hydrogen-bond acceptors (Lipinski definition) is 2. The zero-order chi connectivity index (χ0) is 15.1. The first kappa shape index (κ1) is 13.6. The molecule has 0 bridgehead atoms. The van der Waals surface area contributed by atoms with Gasteiger partial charge in [-0.15, -0.1) is 0 Å². The van der Waals surface area contributed by atoms with Gasteiger partial charge in [-0.2, -0.15) is 0 Å². The van der Waals surface area contributed by atoms with E-state index in [2.05, 4.69) is 13.0 Å². The molecule has 0 amide bonds. The summed E-state index contributed by atoms with van der Waals surface area (Å²) in [6, 6.07) is 12.0. The monoisotopic (exact) mass is 278 g/mol. The van der Waals surface area contributed by atoms with E-state index in [0.717, 1.165) is 27.7 Å². The van der Waals surface area contributed by atoms with Crippen molar-refractivity contribution in [3.63, 3.8) is 0 Å². The second-order valence-corrected chi connectivity index (χ2v) is 5.52. The fourth-order valence-corrected chi connectivity index (χ4v) is 2.91. The molecule has 0 saturated carbocycles. The number of fused-ring (bicyclic) bond motifs is 1. The Labute approximate surface area is 124 Å². The summed E-state index contributed by atoms with van der Waals surface area (Å²) in [6.45, 7) is 7.75. The molecule has 0 aliphatic carbocycles. The van der Waals surface area contributed by atoms with Crippen LogP contribution in [0.25, 0.3) is 10.8 Å². The largest absolute Gasteiger partial charge is 0.466 e. The Morgan fingerprint density at radius 3 is 2.14 bits per heavy atom. The van der Waals surface area contributed by atoms with Gasteiger partial charge >= 0.3 is 0 Å². The fourth-order valence-electron chi connectivity index (χ4n) is 2.91. The number of ketones is 1. The average molecular weight is 278 g/mol. The van der Waals surface area contributed by atoms with Gasteiger partial charge in [-0.25, -0.2) is 0 Å². The third kappa shape index (κ3) is 2.07. The Morgan fingerprint density at radius 2 is 1.52 bits per heavy atom. The summed E-state index contributed by atoms with van der Waals surface area (Å²) < 4.78 is 5.60. The number of benzene rings is 2.